The van der Waals surface area contributed by atoms with Gasteiger partial charge in [-0.3, -0.25) is 0 Å². The average Bonchev–Trinajstić information content (AvgIpc) is 2.57. The Morgan fingerprint density at radius 2 is 1.87 bits per heavy atom. The molecule has 2 saturated heterocycles. The van der Waals surface area contributed by atoms with Gasteiger partial charge in [0.2, 0.25) is 0 Å². The van der Waals surface area contributed by atoms with Crippen molar-refractivity contribution in [3.63, 3.8) is 0 Å². The van der Waals surface area contributed by atoms with Crippen LogP contribution in [0.5, 0.6) is 0 Å². The fourth-order valence-corrected chi connectivity index (χ4v) is 5.17. The number of piperidine rings is 1. The molecule has 3 heteroatoms. The molecule has 0 aromatic carbocycles. The topological polar surface area (TPSA) is 30.5 Å². The first-order chi connectivity index (χ1) is 11.2. The van der Waals surface area contributed by atoms with E-state index >= 15 is 0 Å². The number of ether oxygens (including phenoxy) is 2. The van der Waals surface area contributed by atoms with Crippen LogP contribution >= 0.6 is 0 Å². The molecule has 0 bridgehead atoms. The quantitative estimate of drug-likeness (QED) is 0.808. The first-order valence-electron chi connectivity index (χ1n) is 10.2. The normalized spacial score (nSPS) is 40.7. The lowest BCUT2D eigenvalue weighted by molar-refractivity contribution is -0.187. The van der Waals surface area contributed by atoms with E-state index in [1.807, 2.05) is 0 Å². The summed E-state index contributed by atoms with van der Waals surface area (Å²) in [6, 6.07) is 0.732. The third-order valence-electron chi connectivity index (χ3n) is 6.51. The number of hydrogen-bond acceptors (Lipinski definition) is 3. The first-order valence-corrected chi connectivity index (χ1v) is 10.2. The van der Waals surface area contributed by atoms with E-state index in [1.165, 1.54) is 64.3 Å². The molecule has 3 aliphatic rings. The Kier molecular flexibility index (Phi) is 6.79. The minimum Gasteiger partial charge on any atom is -0.353 e. The van der Waals surface area contributed by atoms with E-state index in [9.17, 15) is 0 Å². The summed E-state index contributed by atoms with van der Waals surface area (Å²) < 4.78 is 11.8. The van der Waals surface area contributed by atoms with Gasteiger partial charge in [-0.1, -0.05) is 12.8 Å². The first kappa shape index (κ1) is 17.7. The molecule has 3 rings (SSSR count). The maximum atomic E-state index is 6.12. The van der Waals surface area contributed by atoms with Gasteiger partial charge in [-0.25, -0.2) is 0 Å². The van der Waals surface area contributed by atoms with Crippen LogP contribution in [0.3, 0.4) is 0 Å². The molecule has 0 aromatic rings. The van der Waals surface area contributed by atoms with E-state index in [0.717, 1.165) is 36.8 Å². The van der Waals surface area contributed by atoms with Gasteiger partial charge in [0.15, 0.2) is 6.29 Å². The summed E-state index contributed by atoms with van der Waals surface area (Å²) >= 11 is 0. The third-order valence-corrected chi connectivity index (χ3v) is 6.51. The van der Waals surface area contributed by atoms with E-state index in [2.05, 4.69) is 19.2 Å². The number of hydrogen-bond donors (Lipinski definition) is 1. The molecule has 0 radical (unpaired) electrons. The highest BCUT2D eigenvalue weighted by Gasteiger charge is 2.32. The SMILES string of the molecule is CC(CC1CCC(C2CCCNC2C)CC1)OC1CCCCO1. The van der Waals surface area contributed by atoms with E-state index in [1.54, 1.807) is 0 Å². The van der Waals surface area contributed by atoms with Crippen molar-refractivity contribution in [1.82, 2.24) is 5.32 Å². The zero-order chi connectivity index (χ0) is 16.1. The Bertz CT molecular complexity index is 335. The van der Waals surface area contributed by atoms with Gasteiger partial charge in [0.25, 0.3) is 0 Å². The number of nitrogens with one attached hydrogen (secondary N) is 1. The highest BCUT2D eigenvalue weighted by Crippen LogP contribution is 2.39. The Labute approximate surface area is 142 Å². The molecule has 3 nitrogen and oxygen atoms in total. The second-order valence-corrected chi connectivity index (χ2v) is 8.31. The summed E-state index contributed by atoms with van der Waals surface area (Å²) in [5.41, 5.74) is 0. The molecule has 1 aliphatic carbocycles. The van der Waals surface area contributed by atoms with Crippen molar-refractivity contribution in [3.8, 4) is 0 Å². The van der Waals surface area contributed by atoms with Gasteiger partial charge < -0.3 is 14.8 Å². The van der Waals surface area contributed by atoms with Gasteiger partial charge in [-0.15, -0.1) is 0 Å². The Morgan fingerprint density at radius 1 is 1.04 bits per heavy atom. The summed E-state index contributed by atoms with van der Waals surface area (Å²) in [4.78, 5) is 0. The predicted octanol–water partition coefficient (Wildman–Crippen LogP) is 4.50. The zero-order valence-electron chi connectivity index (χ0n) is 15.3. The Morgan fingerprint density at radius 3 is 2.57 bits per heavy atom. The maximum absolute atomic E-state index is 6.12. The highest BCUT2D eigenvalue weighted by atomic mass is 16.7. The van der Waals surface area contributed by atoms with E-state index in [4.69, 9.17) is 9.47 Å². The molecule has 1 saturated carbocycles. The molecule has 4 atom stereocenters. The number of rotatable bonds is 5. The molecule has 2 heterocycles. The summed E-state index contributed by atoms with van der Waals surface area (Å²) in [7, 11) is 0. The fourth-order valence-electron chi connectivity index (χ4n) is 5.17. The van der Waals surface area contributed by atoms with Gasteiger partial charge in [0.05, 0.1) is 6.10 Å². The summed E-state index contributed by atoms with van der Waals surface area (Å²) in [5, 5.41) is 3.68. The molecule has 2 aliphatic heterocycles. The molecule has 23 heavy (non-hydrogen) atoms. The minimum absolute atomic E-state index is 0.0734. The van der Waals surface area contributed by atoms with Crippen molar-refractivity contribution in [1.29, 1.82) is 0 Å². The van der Waals surface area contributed by atoms with Gasteiger partial charge >= 0.3 is 0 Å². The molecule has 0 amide bonds. The van der Waals surface area contributed by atoms with Crippen LogP contribution in [0.25, 0.3) is 0 Å². The molecule has 0 aromatic heterocycles. The van der Waals surface area contributed by atoms with Crippen LogP contribution in [0.15, 0.2) is 0 Å². The van der Waals surface area contributed by atoms with E-state index in [0.29, 0.717) is 6.10 Å². The van der Waals surface area contributed by atoms with Crippen molar-refractivity contribution in [2.45, 2.75) is 96.5 Å². The molecule has 0 spiro atoms. The van der Waals surface area contributed by atoms with Crippen LogP contribution in [0.2, 0.25) is 0 Å². The lowest BCUT2D eigenvalue weighted by atomic mass is 9.70. The molecule has 4 unspecified atom stereocenters. The van der Waals surface area contributed by atoms with Crippen molar-refractivity contribution in [2.75, 3.05) is 13.2 Å². The molecular formula is C20H37NO2. The van der Waals surface area contributed by atoms with Crippen molar-refractivity contribution >= 4 is 0 Å². The summed E-state index contributed by atoms with van der Waals surface area (Å²) in [5.74, 6) is 2.76. The smallest absolute Gasteiger partial charge is 0.157 e. The van der Waals surface area contributed by atoms with E-state index < -0.39 is 0 Å². The Hall–Kier alpha value is -0.120. The molecule has 134 valence electrons. The van der Waals surface area contributed by atoms with Crippen molar-refractivity contribution in [3.05, 3.63) is 0 Å². The van der Waals surface area contributed by atoms with Crippen molar-refractivity contribution in [2.24, 2.45) is 17.8 Å². The standard InChI is InChI=1S/C20H37NO2/c1-15(23-20-7-3-4-13-22-20)14-17-8-10-18(11-9-17)19-6-5-12-21-16(19)2/h15-21H,3-14H2,1-2H3. The van der Waals surface area contributed by atoms with Crippen LogP contribution in [0.1, 0.15) is 78.1 Å². The van der Waals surface area contributed by atoms with Crippen LogP contribution in [0.4, 0.5) is 0 Å². The second-order valence-electron chi connectivity index (χ2n) is 8.31. The monoisotopic (exact) mass is 323 g/mol. The lowest BCUT2D eigenvalue weighted by Crippen LogP contribution is -2.43. The van der Waals surface area contributed by atoms with Crippen LogP contribution in [0, 0.1) is 17.8 Å². The van der Waals surface area contributed by atoms with Gasteiger partial charge in [-0.05, 0) is 89.5 Å². The largest absolute Gasteiger partial charge is 0.353 e. The van der Waals surface area contributed by atoms with Crippen LogP contribution in [-0.2, 0) is 9.47 Å². The van der Waals surface area contributed by atoms with Gasteiger partial charge in [0.1, 0.15) is 0 Å². The lowest BCUT2D eigenvalue weighted by Gasteiger charge is -2.40. The average molecular weight is 324 g/mol. The van der Waals surface area contributed by atoms with Crippen LogP contribution < -0.4 is 5.32 Å². The Balaban J connectivity index is 1.36. The summed E-state index contributed by atoms with van der Waals surface area (Å²) in [6.45, 7) is 6.76. The summed E-state index contributed by atoms with van der Waals surface area (Å²) in [6.07, 6.45) is 13.7. The molecular weight excluding hydrogens is 286 g/mol. The highest BCUT2D eigenvalue weighted by molar-refractivity contribution is 4.86. The van der Waals surface area contributed by atoms with Crippen LogP contribution in [-0.4, -0.2) is 31.6 Å². The minimum atomic E-state index is 0.0734. The molecule has 3 fully saturated rings. The third kappa shape index (κ3) is 5.17. The predicted molar refractivity (Wildman–Crippen MR) is 94.4 cm³/mol. The molecule has 1 N–H and O–H groups in total. The zero-order valence-corrected chi connectivity index (χ0v) is 15.3. The van der Waals surface area contributed by atoms with Gasteiger partial charge in [-0.2, -0.15) is 0 Å². The fraction of sp³-hybridized carbons (Fsp3) is 1.00. The second kappa shape index (κ2) is 8.82. The van der Waals surface area contributed by atoms with E-state index in [-0.39, 0.29) is 6.29 Å². The van der Waals surface area contributed by atoms with Crippen molar-refractivity contribution < 1.29 is 9.47 Å². The van der Waals surface area contributed by atoms with Gasteiger partial charge in [0, 0.05) is 12.6 Å². The maximum Gasteiger partial charge on any atom is 0.157 e.